The molecular formula is C19H18F2N6. The third-order valence-corrected chi connectivity index (χ3v) is 4.43. The van der Waals surface area contributed by atoms with Gasteiger partial charge in [-0.2, -0.15) is 10.2 Å². The summed E-state index contributed by atoms with van der Waals surface area (Å²) in [5.41, 5.74) is 2.67. The van der Waals surface area contributed by atoms with Gasteiger partial charge in [-0.3, -0.25) is 4.68 Å². The highest BCUT2D eigenvalue weighted by Crippen LogP contribution is 2.26. The lowest BCUT2D eigenvalue weighted by atomic mass is 10.1. The summed E-state index contributed by atoms with van der Waals surface area (Å²) in [7, 11) is 0. The monoisotopic (exact) mass is 368 g/mol. The standard InChI is InChI=1S/C19H18F2N6/c1-3-26-11-13(9-22-26)16-10-23-27-7-6-18(25-19(16)27)24-12(2)15-8-14(20)4-5-17(15)21/h4-12H,3H2,1-2H3,(H,24,25)/t12-/m1/s1. The first kappa shape index (κ1) is 17.1. The summed E-state index contributed by atoms with van der Waals surface area (Å²) >= 11 is 0. The van der Waals surface area contributed by atoms with E-state index in [-0.39, 0.29) is 5.56 Å². The van der Waals surface area contributed by atoms with Gasteiger partial charge in [0.05, 0.1) is 18.4 Å². The lowest BCUT2D eigenvalue weighted by Gasteiger charge is -2.16. The second kappa shape index (κ2) is 6.79. The topological polar surface area (TPSA) is 60.0 Å². The fourth-order valence-electron chi connectivity index (χ4n) is 2.97. The number of hydrogen-bond acceptors (Lipinski definition) is 4. The quantitative estimate of drug-likeness (QED) is 0.577. The Labute approximate surface area is 154 Å². The van der Waals surface area contributed by atoms with E-state index in [4.69, 9.17) is 0 Å². The van der Waals surface area contributed by atoms with E-state index in [1.54, 1.807) is 36.1 Å². The zero-order valence-electron chi connectivity index (χ0n) is 14.9. The van der Waals surface area contributed by atoms with Crippen molar-refractivity contribution >= 4 is 11.5 Å². The Hall–Kier alpha value is -3.29. The molecule has 4 aromatic rings. The summed E-state index contributed by atoms with van der Waals surface area (Å²) in [5.74, 6) is -0.396. The van der Waals surface area contributed by atoms with Gasteiger partial charge in [0.2, 0.25) is 0 Å². The van der Waals surface area contributed by atoms with Gasteiger partial charge in [0.15, 0.2) is 5.65 Å². The van der Waals surface area contributed by atoms with Crippen LogP contribution in [0.25, 0.3) is 16.8 Å². The van der Waals surface area contributed by atoms with Crippen LogP contribution in [0.1, 0.15) is 25.5 Å². The highest BCUT2D eigenvalue weighted by molar-refractivity contribution is 5.76. The molecule has 0 fully saturated rings. The summed E-state index contributed by atoms with van der Waals surface area (Å²) in [5, 5.41) is 11.7. The molecule has 0 saturated carbocycles. The van der Waals surface area contributed by atoms with E-state index < -0.39 is 17.7 Å². The predicted molar refractivity (Wildman–Crippen MR) is 98.3 cm³/mol. The van der Waals surface area contributed by atoms with Crippen molar-refractivity contribution in [1.82, 2.24) is 24.4 Å². The van der Waals surface area contributed by atoms with Crippen molar-refractivity contribution in [3.63, 3.8) is 0 Å². The molecule has 0 bridgehead atoms. The van der Waals surface area contributed by atoms with Gasteiger partial charge in [-0.1, -0.05) is 0 Å². The van der Waals surface area contributed by atoms with Crippen LogP contribution in [-0.2, 0) is 6.54 Å². The van der Waals surface area contributed by atoms with E-state index >= 15 is 0 Å². The molecule has 1 aromatic carbocycles. The lowest BCUT2D eigenvalue weighted by molar-refractivity contribution is 0.577. The molecule has 3 heterocycles. The number of rotatable bonds is 5. The van der Waals surface area contributed by atoms with Crippen LogP contribution < -0.4 is 5.32 Å². The van der Waals surface area contributed by atoms with Crippen molar-refractivity contribution in [2.24, 2.45) is 0 Å². The number of aromatic nitrogens is 5. The molecule has 0 spiro atoms. The average molecular weight is 368 g/mol. The number of nitrogens with zero attached hydrogens (tertiary/aromatic N) is 5. The third-order valence-electron chi connectivity index (χ3n) is 4.43. The fourth-order valence-corrected chi connectivity index (χ4v) is 2.97. The van der Waals surface area contributed by atoms with Crippen LogP contribution in [0, 0.1) is 11.6 Å². The molecule has 8 heteroatoms. The molecule has 0 aliphatic rings. The summed E-state index contributed by atoms with van der Waals surface area (Å²) in [6.45, 7) is 4.54. The second-order valence-electron chi connectivity index (χ2n) is 6.26. The summed E-state index contributed by atoms with van der Waals surface area (Å²) < 4.78 is 30.9. The molecule has 0 aliphatic heterocycles. The minimum atomic E-state index is -0.477. The minimum Gasteiger partial charge on any atom is -0.363 e. The molecule has 27 heavy (non-hydrogen) atoms. The second-order valence-corrected chi connectivity index (χ2v) is 6.26. The summed E-state index contributed by atoms with van der Waals surface area (Å²) in [4.78, 5) is 4.60. The van der Waals surface area contributed by atoms with Crippen LogP contribution in [0.5, 0.6) is 0 Å². The number of fused-ring (bicyclic) bond motifs is 1. The van der Waals surface area contributed by atoms with Crippen LogP contribution in [0.4, 0.5) is 14.6 Å². The van der Waals surface area contributed by atoms with Gasteiger partial charge in [-0.05, 0) is 38.1 Å². The number of hydrogen-bond donors (Lipinski definition) is 1. The summed E-state index contributed by atoms with van der Waals surface area (Å²) in [6, 6.07) is 4.71. The average Bonchev–Trinajstić information content (AvgIpc) is 3.29. The molecule has 1 N–H and O–H groups in total. The normalized spacial score (nSPS) is 12.4. The van der Waals surface area contributed by atoms with Crippen molar-refractivity contribution in [1.29, 1.82) is 0 Å². The Morgan fingerprint density at radius 1 is 1.15 bits per heavy atom. The molecule has 4 rings (SSSR count). The van der Waals surface area contributed by atoms with Gasteiger partial charge < -0.3 is 5.32 Å². The molecular weight excluding hydrogens is 350 g/mol. The van der Waals surface area contributed by atoms with E-state index in [1.165, 1.54) is 6.07 Å². The van der Waals surface area contributed by atoms with Gasteiger partial charge in [-0.15, -0.1) is 0 Å². The van der Waals surface area contributed by atoms with Crippen molar-refractivity contribution in [3.8, 4) is 11.1 Å². The molecule has 0 saturated heterocycles. The predicted octanol–water partition coefficient (Wildman–Crippen LogP) is 4.06. The Morgan fingerprint density at radius 2 is 2.00 bits per heavy atom. The number of benzene rings is 1. The Bertz CT molecular complexity index is 1100. The van der Waals surface area contributed by atoms with Crippen LogP contribution in [-0.4, -0.2) is 24.4 Å². The highest BCUT2D eigenvalue weighted by Gasteiger charge is 2.15. The van der Waals surface area contributed by atoms with Crippen LogP contribution >= 0.6 is 0 Å². The largest absolute Gasteiger partial charge is 0.363 e. The molecule has 0 aliphatic carbocycles. The molecule has 3 aromatic heterocycles. The number of anilines is 1. The van der Waals surface area contributed by atoms with E-state index in [1.807, 2.05) is 17.8 Å². The first-order chi connectivity index (χ1) is 13.0. The van der Waals surface area contributed by atoms with Crippen LogP contribution in [0.2, 0.25) is 0 Å². The summed E-state index contributed by atoms with van der Waals surface area (Å²) in [6.07, 6.45) is 7.21. The molecule has 138 valence electrons. The Morgan fingerprint density at radius 3 is 2.78 bits per heavy atom. The minimum absolute atomic E-state index is 0.245. The molecule has 6 nitrogen and oxygen atoms in total. The van der Waals surface area contributed by atoms with Crippen molar-refractivity contribution in [3.05, 3.63) is 66.3 Å². The van der Waals surface area contributed by atoms with Crippen LogP contribution in [0.15, 0.2) is 49.1 Å². The first-order valence-corrected chi connectivity index (χ1v) is 8.64. The van der Waals surface area contributed by atoms with Gasteiger partial charge in [0, 0.05) is 35.6 Å². The zero-order valence-corrected chi connectivity index (χ0v) is 14.9. The molecule has 1 atom stereocenters. The van der Waals surface area contributed by atoms with E-state index in [9.17, 15) is 8.78 Å². The maximum Gasteiger partial charge on any atom is 0.165 e. The van der Waals surface area contributed by atoms with Gasteiger partial charge in [0.25, 0.3) is 0 Å². The molecule has 0 radical (unpaired) electrons. The number of nitrogens with one attached hydrogen (secondary N) is 1. The number of aryl methyl sites for hydroxylation is 1. The van der Waals surface area contributed by atoms with E-state index in [2.05, 4.69) is 20.5 Å². The maximum absolute atomic E-state index is 14.0. The lowest BCUT2D eigenvalue weighted by Crippen LogP contribution is -2.10. The van der Waals surface area contributed by atoms with E-state index in [0.717, 1.165) is 29.8 Å². The van der Waals surface area contributed by atoms with Crippen molar-refractivity contribution < 1.29 is 8.78 Å². The van der Waals surface area contributed by atoms with Gasteiger partial charge in [-0.25, -0.2) is 18.3 Å². The van der Waals surface area contributed by atoms with Crippen molar-refractivity contribution in [2.45, 2.75) is 26.4 Å². The van der Waals surface area contributed by atoms with E-state index in [0.29, 0.717) is 11.5 Å². The smallest absolute Gasteiger partial charge is 0.165 e. The maximum atomic E-state index is 14.0. The SMILES string of the molecule is CCn1cc(-c2cnn3ccc(N[C@H](C)c4cc(F)ccc4F)nc23)cn1. The van der Waals surface area contributed by atoms with Crippen molar-refractivity contribution in [2.75, 3.05) is 5.32 Å². The first-order valence-electron chi connectivity index (χ1n) is 8.64. The third kappa shape index (κ3) is 3.25. The Balaban J connectivity index is 1.66. The fraction of sp³-hybridized carbons (Fsp3) is 0.211. The molecule has 0 unspecified atom stereocenters. The number of halogens is 2. The molecule has 0 amide bonds. The Kier molecular flexibility index (Phi) is 4.31. The van der Waals surface area contributed by atoms with Gasteiger partial charge >= 0.3 is 0 Å². The van der Waals surface area contributed by atoms with Gasteiger partial charge in [0.1, 0.15) is 17.5 Å². The highest BCUT2D eigenvalue weighted by atomic mass is 19.1. The van der Waals surface area contributed by atoms with Crippen LogP contribution in [0.3, 0.4) is 0 Å². The zero-order chi connectivity index (χ0) is 19.0.